The van der Waals surface area contributed by atoms with Crippen LogP contribution in [-0.4, -0.2) is 38.4 Å². The van der Waals surface area contributed by atoms with Crippen LogP contribution in [0.4, 0.5) is 4.39 Å². The summed E-state index contributed by atoms with van der Waals surface area (Å²) in [5, 5.41) is -0.293. The van der Waals surface area contributed by atoms with Crippen LogP contribution in [0.25, 0.3) is 5.69 Å². The van der Waals surface area contributed by atoms with Gasteiger partial charge in [-0.2, -0.15) is 0 Å². The average Bonchev–Trinajstić information content (AvgIpc) is 2.66. The first-order valence-corrected chi connectivity index (χ1v) is 9.53. The summed E-state index contributed by atoms with van der Waals surface area (Å²) in [5.74, 6) is -2.53. The molecule has 0 spiro atoms. The molecule has 0 saturated carbocycles. The monoisotopic (exact) mass is 459 g/mol. The summed E-state index contributed by atoms with van der Waals surface area (Å²) in [6.07, 6.45) is -1.05. The first-order valence-electron chi connectivity index (χ1n) is 8.74. The lowest BCUT2D eigenvalue weighted by molar-refractivity contribution is -0.145. The van der Waals surface area contributed by atoms with E-state index in [2.05, 4.69) is 0 Å². The molecule has 0 unspecified atom stereocenters. The van der Waals surface area contributed by atoms with Crippen LogP contribution in [-0.2, 0) is 28.4 Å². The minimum absolute atomic E-state index is 0.0666. The number of rotatable bonds is 6. The molecule has 30 heavy (non-hydrogen) atoms. The molecule has 1 heterocycles. The zero-order chi connectivity index (χ0) is 22.7. The molecule has 0 bridgehead atoms. The number of benzene rings is 1. The highest BCUT2D eigenvalue weighted by Gasteiger charge is 2.23. The Labute approximate surface area is 180 Å². The van der Waals surface area contributed by atoms with Crippen molar-refractivity contribution in [2.45, 2.75) is 26.4 Å². The standard InChI is InChI=1S/C18H19ClFN3O6S/c1-5-28-14(24)6-9(2)29-15(25)10-7-13(12(20)8-11(10)19)23-16(26)21(3)18(30)22(4)17(23)27/h7-9H,5-6H2,1-4H3/t9-/m0/s1. The van der Waals surface area contributed by atoms with Crippen molar-refractivity contribution in [3.05, 3.63) is 54.3 Å². The van der Waals surface area contributed by atoms with Crippen molar-refractivity contribution in [2.75, 3.05) is 6.61 Å². The number of hydrogen-bond acceptors (Lipinski definition) is 7. The highest BCUT2D eigenvalue weighted by atomic mass is 35.5. The van der Waals surface area contributed by atoms with Crippen molar-refractivity contribution in [2.24, 2.45) is 14.1 Å². The van der Waals surface area contributed by atoms with Gasteiger partial charge in [-0.05, 0) is 38.2 Å². The first kappa shape index (κ1) is 23.5. The fraction of sp³-hybridized carbons (Fsp3) is 0.389. The molecule has 1 aromatic heterocycles. The van der Waals surface area contributed by atoms with Crippen LogP contribution in [0.15, 0.2) is 21.7 Å². The van der Waals surface area contributed by atoms with Crippen molar-refractivity contribution in [1.82, 2.24) is 13.7 Å². The third-order valence-electron chi connectivity index (χ3n) is 4.10. The van der Waals surface area contributed by atoms with Gasteiger partial charge in [0.2, 0.25) is 0 Å². The summed E-state index contributed by atoms with van der Waals surface area (Å²) < 4.78 is 26.9. The molecule has 9 nitrogen and oxygen atoms in total. The maximum atomic E-state index is 14.6. The number of carbonyl (C=O) groups is 2. The van der Waals surface area contributed by atoms with Crippen LogP contribution in [0.1, 0.15) is 30.6 Å². The fourth-order valence-electron chi connectivity index (χ4n) is 2.58. The quantitative estimate of drug-likeness (QED) is 0.480. The molecule has 0 amide bonds. The van der Waals surface area contributed by atoms with E-state index in [1.54, 1.807) is 6.92 Å². The van der Waals surface area contributed by atoms with Gasteiger partial charge in [-0.25, -0.2) is 23.3 Å². The first-order chi connectivity index (χ1) is 14.0. The van der Waals surface area contributed by atoms with Crippen molar-refractivity contribution >= 4 is 35.8 Å². The second-order valence-electron chi connectivity index (χ2n) is 6.31. The van der Waals surface area contributed by atoms with E-state index in [1.165, 1.54) is 21.0 Å². The van der Waals surface area contributed by atoms with E-state index >= 15 is 0 Å². The molecule has 12 heteroatoms. The van der Waals surface area contributed by atoms with Gasteiger partial charge in [0.25, 0.3) is 0 Å². The van der Waals surface area contributed by atoms with Gasteiger partial charge in [0, 0.05) is 14.1 Å². The Balaban J connectivity index is 2.51. The molecule has 1 aromatic carbocycles. The number of aromatic nitrogens is 3. The van der Waals surface area contributed by atoms with Gasteiger partial charge in [0.05, 0.1) is 29.3 Å². The van der Waals surface area contributed by atoms with Gasteiger partial charge in [0.15, 0.2) is 4.77 Å². The minimum atomic E-state index is -1.01. The van der Waals surface area contributed by atoms with Gasteiger partial charge in [-0.15, -0.1) is 0 Å². The molecule has 0 fully saturated rings. The Kier molecular flexibility index (Phi) is 7.32. The molecule has 0 radical (unpaired) electrons. The highest BCUT2D eigenvalue weighted by Crippen LogP contribution is 2.24. The largest absolute Gasteiger partial charge is 0.466 e. The zero-order valence-electron chi connectivity index (χ0n) is 16.6. The van der Waals surface area contributed by atoms with Gasteiger partial charge >= 0.3 is 23.3 Å². The molecule has 162 valence electrons. The predicted octanol–water partition coefficient (Wildman–Crippen LogP) is 1.90. The van der Waals surface area contributed by atoms with Gasteiger partial charge in [0.1, 0.15) is 11.9 Å². The summed E-state index contributed by atoms with van der Waals surface area (Å²) in [5.41, 5.74) is -2.60. The molecule has 1 atom stereocenters. The Morgan fingerprint density at radius 1 is 1.20 bits per heavy atom. The van der Waals surface area contributed by atoms with Crippen LogP contribution in [0, 0.1) is 10.6 Å². The Morgan fingerprint density at radius 3 is 2.30 bits per heavy atom. The van der Waals surface area contributed by atoms with Crippen molar-refractivity contribution in [1.29, 1.82) is 0 Å². The molecule has 0 aliphatic carbocycles. The molecule has 2 rings (SSSR count). The van der Waals surface area contributed by atoms with E-state index in [1.807, 2.05) is 0 Å². The number of nitrogens with zero attached hydrogens (tertiary/aromatic N) is 3. The Morgan fingerprint density at radius 2 is 1.77 bits per heavy atom. The van der Waals surface area contributed by atoms with Crippen LogP contribution in [0.5, 0.6) is 0 Å². The van der Waals surface area contributed by atoms with Gasteiger partial charge in [-0.1, -0.05) is 11.6 Å². The lowest BCUT2D eigenvalue weighted by atomic mass is 10.2. The smallest absolute Gasteiger partial charge is 0.340 e. The maximum absolute atomic E-state index is 14.6. The van der Waals surface area contributed by atoms with Crippen molar-refractivity contribution in [3.63, 3.8) is 0 Å². The van der Waals surface area contributed by atoms with Crippen LogP contribution in [0.2, 0.25) is 5.02 Å². The third-order valence-corrected chi connectivity index (χ3v) is 4.96. The number of esters is 2. The van der Waals surface area contributed by atoms with Crippen molar-refractivity contribution < 1.29 is 23.5 Å². The van der Waals surface area contributed by atoms with Crippen LogP contribution < -0.4 is 11.4 Å². The summed E-state index contributed by atoms with van der Waals surface area (Å²) in [7, 11) is 2.64. The second-order valence-corrected chi connectivity index (χ2v) is 7.08. The number of carbonyl (C=O) groups excluding carboxylic acids is 2. The molecule has 0 N–H and O–H groups in total. The number of hydrogen-bond donors (Lipinski definition) is 0. The second kappa shape index (κ2) is 9.35. The lowest BCUT2D eigenvalue weighted by Crippen LogP contribution is -2.43. The SMILES string of the molecule is CCOC(=O)C[C@H](C)OC(=O)c1cc(-n2c(=O)n(C)c(=S)n(C)c2=O)c(F)cc1Cl. The van der Waals surface area contributed by atoms with Gasteiger partial charge in [-0.3, -0.25) is 13.9 Å². The fourth-order valence-corrected chi connectivity index (χ4v) is 2.97. The number of ether oxygens (including phenoxy) is 2. The average molecular weight is 460 g/mol. The van der Waals surface area contributed by atoms with E-state index in [0.29, 0.717) is 4.57 Å². The minimum Gasteiger partial charge on any atom is -0.466 e. The highest BCUT2D eigenvalue weighted by molar-refractivity contribution is 7.71. The van der Waals surface area contributed by atoms with E-state index in [-0.39, 0.29) is 28.4 Å². The molecule has 0 aliphatic rings. The molecule has 0 saturated heterocycles. The molecular weight excluding hydrogens is 441 g/mol. The zero-order valence-corrected chi connectivity index (χ0v) is 18.2. The maximum Gasteiger partial charge on any atom is 0.340 e. The Bertz CT molecular complexity index is 1150. The topological polar surface area (TPSA) is 102 Å². The van der Waals surface area contributed by atoms with Crippen LogP contribution >= 0.6 is 23.8 Å². The number of halogens is 2. The Hall–Kier alpha value is -2.79. The lowest BCUT2D eigenvalue weighted by Gasteiger charge is -2.15. The van der Waals surface area contributed by atoms with Crippen LogP contribution in [0.3, 0.4) is 0 Å². The third kappa shape index (κ3) is 4.68. The summed E-state index contributed by atoms with van der Waals surface area (Å²) in [6, 6.07) is 1.72. The normalized spacial score (nSPS) is 11.8. The van der Waals surface area contributed by atoms with Crippen molar-refractivity contribution in [3.8, 4) is 5.69 Å². The van der Waals surface area contributed by atoms with E-state index in [9.17, 15) is 23.6 Å². The molecule has 0 aliphatic heterocycles. The summed E-state index contributed by atoms with van der Waals surface area (Å²) in [6.45, 7) is 3.28. The van der Waals surface area contributed by atoms with E-state index < -0.39 is 40.9 Å². The van der Waals surface area contributed by atoms with E-state index in [4.69, 9.17) is 33.3 Å². The summed E-state index contributed by atoms with van der Waals surface area (Å²) in [4.78, 5) is 49.0. The summed E-state index contributed by atoms with van der Waals surface area (Å²) >= 11 is 11.0. The van der Waals surface area contributed by atoms with Gasteiger partial charge < -0.3 is 9.47 Å². The molecule has 2 aromatic rings. The predicted molar refractivity (Wildman–Crippen MR) is 108 cm³/mol. The van der Waals surface area contributed by atoms with E-state index in [0.717, 1.165) is 21.3 Å². The molecular formula is C18H19ClFN3O6S.